The van der Waals surface area contributed by atoms with Gasteiger partial charge in [-0.15, -0.1) is 0 Å². The molecule has 0 spiro atoms. The first-order chi connectivity index (χ1) is 9.96. The molecule has 0 aliphatic carbocycles. The second-order valence-corrected chi connectivity index (χ2v) is 8.23. The monoisotopic (exact) mass is 377 g/mol. The fourth-order valence-corrected chi connectivity index (χ4v) is 3.35. The molecule has 0 amide bonds. The Balaban J connectivity index is 1.89. The van der Waals surface area contributed by atoms with Crippen molar-refractivity contribution in [2.75, 3.05) is 31.8 Å². The minimum atomic E-state index is -2.88. The molecular formula is C14H20BrNO4S. The van der Waals surface area contributed by atoms with E-state index in [9.17, 15) is 8.42 Å². The number of benzene rings is 1. The topological polar surface area (TPSA) is 64.6 Å². The van der Waals surface area contributed by atoms with E-state index in [1.54, 1.807) is 0 Å². The summed E-state index contributed by atoms with van der Waals surface area (Å²) in [6, 6.07) is 3.96. The minimum Gasteiger partial charge on any atom is -0.490 e. The molecule has 0 aromatic heterocycles. The fourth-order valence-electron chi connectivity index (χ4n) is 2.08. The van der Waals surface area contributed by atoms with Gasteiger partial charge in [-0.3, -0.25) is 0 Å². The number of halogens is 1. The molecule has 0 saturated carbocycles. The Bertz CT molecular complexity index is 589. The molecule has 1 aromatic rings. The van der Waals surface area contributed by atoms with Crippen molar-refractivity contribution >= 4 is 25.8 Å². The molecule has 7 heteroatoms. The zero-order chi connectivity index (χ0) is 15.3. The summed E-state index contributed by atoms with van der Waals surface area (Å²) >= 11 is 3.50. The van der Waals surface area contributed by atoms with E-state index >= 15 is 0 Å². The Labute approximate surface area is 134 Å². The summed E-state index contributed by atoms with van der Waals surface area (Å²) < 4.78 is 34.3. The van der Waals surface area contributed by atoms with Crippen LogP contribution in [-0.2, 0) is 16.4 Å². The smallest absolute Gasteiger partial charge is 0.175 e. The van der Waals surface area contributed by atoms with Gasteiger partial charge in [-0.05, 0) is 46.6 Å². The molecule has 0 bridgehead atoms. The summed E-state index contributed by atoms with van der Waals surface area (Å²) in [5.41, 5.74) is 1.07. The van der Waals surface area contributed by atoms with Gasteiger partial charge >= 0.3 is 0 Å². The fraction of sp³-hybridized carbons (Fsp3) is 0.571. The van der Waals surface area contributed by atoms with Crippen molar-refractivity contribution < 1.29 is 17.9 Å². The molecule has 2 rings (SSSR count). The standard InChI is InChI=1S/C14H20BrNO4S/c1-21(17,18)7-2-4-16-10-11-8-12(15)14-13(9-11)19-5-3-6-20-14/h8-9,16H,2-7,10H2,1H3. The maximum atomic E-state index is 11.0. The minimum absolute atomic E-state index is 0.213. The second-order valence-electron chi connectivity index (χ2n) is 5.12. The average molecular weight is 378 g/mol. The van der Waals surface area contributed by atoms with Gasteiger partial charge in [-0.1, -0.05) is 0 Å². The normalized spacial score (nSPS) is 14.8. The lowest BCUT2D eigenvalue weighted by atomic mass is 10.2. The molecule has 0 radical (unpaired) electrons. The van der Waals surface area contributed by atoms with E-state index in [2.05, 4.69) is 21.2 Å². The molecule has 0 fully saturated rings. The average Bonchev–Trinajstić information content (AvgIpc) is 2.62. The lowest BCUT2D eigenvalue weighted by Gasteiger charge is -2.12. The summed E-state index contributed by atoms with van der Waals surface area (Å²) in [6.07, 6.45) is 2.75. The number of rotatable bonds is 6. The lowest BCUT2D eigenvalue weighted by molar-refractivity contribution is 0.296. The van der Waals surface area contributed by atoms with Crippen LogP contribution in [0.15, 0.2) is 16.6 Å². The number of sulfone groups is 1. The summed E-state index contributed by atoms with van der Waals surface area (Å²) in [4.78, 5) is 0. The third kappa shape index (κ3) is 5.48. The predicted octanol–water partition coefficient (Wildman–Crippen LogP) is 2.13. The first-order valence-corrected chi connectivity index (χ1v) is 9.77. The van der Waals surface area contributed by atoms with Crippen LogP contribution in [0.5, 0.6) is 11.5 Å². The molecule has 1 aliphatic heterocycles. The molecule has 1 N–H and O–H groups in total. The van der Waals surface area contributed by atoms with Crippen LogP contribution in [0.3, 0.4) is 0 Å². The number of hydrogen-bond acceptors (Lipinski definition) is 5. The van der Waals surface area contributed by atoms with E-state index in [0.717, 1.165) is 28.0 Å². The van der Waals surface area contributed by atoms with Crippen LogP contribution >= 0.6 is 15.9 Å². The van der Waals surface area contributed by atoms with Gasteiger partial charge in [0.1, 0.15) is 9.84 Å². The summed E-state index contributed by atoms with van der Waals surface area (Å²) in [7, 11) is -2.88. The highest BCUT2D eigenvalue weighted by Crippen LogP contribution is 2.38. The Morgan fingerprint density at radius 1 is 1.29 bits per heavy atom. The van der Waals surface area contributed by atoms with Crippen LogP contribution in [-0.4, -0.2) is 40.2 Å². The highest BCUT2D eigenvalue weighted by molar-refractivity contribution is 9.10. The molecule has 21 heavy (non-hydrogen) atoms. The van der Waals surface area contributed by atoms with E-state index in [0.29, 0.717) is 32.7 Å². The van der Waals surface area contributed by atoms with Gasteiger partial charge in [0.2, 0.25) is 0 Å². The zero-order valence-electron chi connectivity index (χ0n) is 12.0. The summed E-state index contributed by atoms with van der Waals surface area (Å²) in [5, 5.41) is 3.24. The van der Waals surface area contributed by atoms with Gasteiger partial charge in [-0.25, -0.2) is 8.42 Å². The van der Waals surface area contributed by atoms with E-state index in [1.165, 1.54) is 6.26 Å². The third-order valence-corrected chi connectivity index (χ3v) is 4.68. The Morgan fingerprint density at radius 2 is 2.05 bits per heavy atom. The summed E-state index contributed by atoms with van der Waals surface area (Å²) in [5.74, 6) is 1.73. The van der Waals surface area contributed by atoms with Crippen LogP contribution in [0, 0.1) is 0 Å². The Morgan fingerprint density at radius 3 is 2.81 bits per heavy atom. The van der Waals surface area contributed by atoms with Crippen molar-refractivity contribution in [2.24, 2.45) is 0 Å². The van der Waals surface area contributed by atoms with Gasteiger partial charge in [0, 0.05) is 19.2 Å². The largest absolute Gasteiger partial charge is 0.490 e. The molecule has 1 heterocycles. The highest BCUT2D eigenvalue weighted by Gasteiger charge is 2.15. The maximum Gasteiger partial charge on any atom is 0.175 e. The van der Waals surface area contributed by atoms with Crippen LogP contribution < -0.4 is 14.8 Å². The third-order valence-electron chi connectivity index (χ3n) is 3.06. The van der Waals surface area contributed by atoms with Gasteiger partial charge in [0.15, 0.2) is 11.5 Å². The van der Waals surface area contributed by atoms with E-state index < -0.39 is 9.84 Å². The Kier molecular flexibility index (Phi) is 5.89. The number of fused-ring (bicyclic) bond motifs is 1. The lowest BCUT2D eigenvalue weighted by Crippen LogP contribution is -2.18. The molecule has 1 aromatic carbocycles. The van der Waals surface area contributed by atoms with Crippen molar-refractivity contribution in [3.63, 3.8) is 0 Å². The number of hydrogen-bond donors (Lipinski definition) is 1. The van der Waals surface area contributed by atoms with Crippen molar-refractivity contribution in [2.45, 2.75) is 19.4 Å². The molecule has 1 aliphatic rings. The van der Waals surface area contributed by atoms with E-state index in [4.69, 9.17) is 9.47 Å². The van der Waals surface area contributed by atoms with Crippen LogP contribution in [0.1, 0.15) is 18.4 Å². The second kappa shape index (κ2) is 7.47. The zero-order valence-corrected chi connectivity index (χ0v) is 14.4. The molecule has 0 atom stereocenters. The van der Waals surface area contributed by atoms with Crippen LogP contribution in [0.4, 0.5) is 0 Å². The van der Waals surface area contributed by atoms with Crippen molar-refractivity contribution in [3.05, 3.63) is 22.2 Å². The van der Waals surface area contributed by atoms with Crippen LogP contribution in [0.25, 0.3) is 0 Å². The molecule has 5 nitrogen and oxygen atoms in total. The quantitative estimate of drug-likeness (QED) is 0.769. The van der Waals surface area contributed by atoms with Crippen molar-refractivity contribution in [3.8, 4) is 11.5 Å². The van der Waals surface area contributed by atoms with E-state index in [1.807, 2.05) is 12.1 Å². The van der Waals surface area contributed by atoms with Crippen LogP contribution in [0.2, 0.25) is 0 Å². The number of ether oxygens (including phenoxy) is 2. The predicted molar refractivity (Wildman–Crippen MR) is 85.8 cm³/mol. The first kappa shape index (κ1) is 16.6. The molecule has 0 unspecified atom stereocenters. The molecule has 118 valence electrons. The maximum absolute atomic E-state index is 11.0. The van der Waals surface area contributed by atoms with Crippen molar-refractivity contribution in [1.82, 2.24) is 5.32 Å². The SMILES string of the molecule is CS(=O)(=O)CCCNCc1cc(Br)c2c(c1)OCCCO2. The molecular weight excluding hydrogens is 358 g/mol. The van der Waals surface area contributed by atoms with E-state index in [-0.39, 0.29) is 5.75 Å². The Hall–Kier alpha value is -0.790. The van der Waals surface area contributed by atoms with Gasteiger partial charge in [0.25, 0.3) is 0 Å². The highest BCUT2D eigenvalue weighted by atomic mass is 79.9. The molecule has 0 saturated heterocycles. The van der Waals surface area contributed by atoms with Gasteiger partial charge in [0.05, 0.1) is 23.4 Å². The van der Waals surface area contributed by atoms with Crippen molar-refractivity contribution in [1.29, 1.82) is 0 Å². The first-order valence-electron chi connectivity index (χ1n) is 6.92. The van der Waals surface area contributed by atoms with Gasteiger partial charge in [-0.2, -0.15) is 0 Å². The summed E-state index contributed by atoms with van der Waals surface area (Å²) in [6.45, 7) is 2.65. The van der Waals surface area contributed by atoms with Gasteiger partial charge < -0.3 is 14.8 Å². The number of nitrogens with one attached hydrogen (secondary N) is 1.